The van der Waals surface area contributed by atoms with Crippen LogP contribution < -0.4 is 10.9 Å². The molecule has 1 heterocycles. The standard InChI is InChI=1S/C10H16ClN3O2/c1-6(2)8(5-15)13-7-4-12-14(3)10(16)9(7)11/h4,6,8,13,15H,5H2,1-3H3. The van der Waals surface area contributed by atoms with E-state index in [9.17, 15) is 4.79 Å². The molecule has 0 saturated heterocycles. The van der Waals surface area contributed by atoms with E-state index in [1.807, 2.05) is 13.8 Å². The predicted molar refractivity (Wildman–Crippen MR) is 63.8 cm³/mol. The zero-order chi connectivity index (χ0) is 12.3. The van der Waals surface area contributed by atoms with Gasteiger partial charge >= 0.3 is 0 Å². The summed E-state index contributed by atoms with van der Waals surface area (Å²) in [6, 6.07) is -0.147. The normalized spacial score (nSPS) is 12.9. The third-order valence-corrected chi connectivity index (χ3v) is 2.79. The van der Waals surface area contributed by atoms with E-state index in [1.165, 1.54) is 13.2 Å². The molecule has 0 aliphatic carbocycles. The molecule has 1 unspecified atom stereocenters. The Bertz CT molecular complexity index is 417. The molecule has 0 aromatic carbocycles. The number of aliphatic hydroxyl groups is 1. The Kier molecular flexibility index (Phi) is 4.32. The van der Waals surface area contributed by atoms with Gasteiger partial charge in [0.05, 0.1) is 24.5 Å². The first-order valence-electron chi connectivity index (χ1n) is 5.06. The highest BCUT2D eigenvalue weighted by Gasteiger charge is 2.15. The Balaban J connectivity index is 2.98. The Morgan fingerprint density at radius 2 is 2.25 bits per heavy atom. The molecule has 5 nitrogen and oxygen atoms in total. The van der Waals surface area contributed by atoms with E-state index in [4.69, 9.17) is 16.7 Å². The van der Waals surface area contributed by atoms with Crippen LogP contribution in [0.1, 0.15) is 13.8 Å². The zero-order valence-electron chi connectivity index (χ0n) is 9.57. The van der Waals surface area contributed by atoms with Crippen molar-refractivity contribution >= 4 is 17.3 Å². The van der Waals surface area contributed by atoms with Gasteiger partial charge in [-0.25, -0.2) is 4.68 Å². The van der Waals surface area contributed by atoms with Crippen LogP contribution >= 0.6 is 11.6 Å². The van der Waals surface area contributed by atoms with Crippen LogP contribution in [0.2, 0.25) is 5.02 Å². The van der Waals surface area contributed by atoms with Gasteiger partial charge in [-0.2, -0.15) is 5.10 Å². The number of aromatic nitrogens is 2. The van der Waals surface area contributed by atoms with Gasteiger partial charge in [0.25, 0.3) is 5.56 Å². The average Bonchev–Trinajstić information content (AvgIpc) is 2.25. The van der Waals surface area contributed by atoms with Gasteiger partial charge in [0.1, 0.15) is 5.02 Å². The molecular weight excluding hydrogens is 230 g/mol. The second kappa shape index (κ2) is 5.32. The second-order valence-electron chi connectivity index (χ2n) is 3.98. The highest BCUT2D eigenvalue weighted by molar-refractivity contribution is 6.32. The molecule has 0 fully saturated rings. The van der Waals surface area contributed by atoms with Crippen molar-refractivity contribution in [2.75, 3.05) is 11.9 Å². The number of anilines is 1. The molecular formula is C10H16ClN3O2. The number of halogens is 1. The van der Waals surface area contributed by atoms with Crippen LogP contribution in [0.3, 0.4) is 0 Å². The molecule has 0 bridgehead atoms. The summed E-state index contributed by atoms with van der Waals surface area (Å²) < 4.78 is 1.16. The van der Waals surface area contributed by atoms with Crippen LogP contribution in [0, 0.1) is 5.92 Å². The van der Waals surface area contributed by atoms with Crippen LogP contribution in [0.15, 0.2) is 11.0 Å². The summed E-state index contributed by atoms with van der Waals surface area (Å²) in [6.45, 7) is 3.91. The number of nitrogens with zero attached hydrogens (tertiary/aromatic N) is 2. The maximum atomic E-state index is 11.5. The van der Waals surface area contributed by atoms with Crippen LogP contribution in [-0.2, 0) is 7.05 Å². The number of aliphatic hydroxyl groups excluding tert-OH is 1. The van der Waals surface area contributed by atoms with E-state index in [-0.39, 0.29) is 29.1 Å². The Hall–Kier alpha value is -1.07. The summed E-state index contributed by atoms with van der Waals surface area (Å²) in [7, 11) is 1.53. The lowest BCUT2D eigenvalue weighted by atomic mass is 10.1. The van der Waals surface area contributed by atoms with Crippen LogP contribution in [0.25, 0.3) is 0 Å². The lowest BCUT2D eigenvalue weighted by Gasteiger charge is -2.21. The van der Waals surface area contributed by atoms with E-state index < -0.39 is 0 Å². The topological polar surface area (TPSA) is 67.2 Å². The number of hydrogen-bond acceptors (Lipinski definition) is 4. The molecule has 0 amide bonds. The van der Waals surface area contributed by atoms with Crippen molar-refractivity contribution in [3.8, 4) is 0 Å². The fourth-order valence-electron chi connectivity index (χ4n) is 1.23. The quantitative estimate of drug-likeness (QED) is 0.826. The van der Waals surface area contributed by atoms with Crippen molar-refractivity contribution in [1.82, 2.24) is 9.78 Å². The van der Waals surface area contributed by atoms with Gasteiger partial charge in [-0.1, -0.05) is 25.4 Å². The molecule has 0 radical (unpaired) electrons. The molecule has 90 valence electrons. The van der Waals surface area contributed by atoms with Crippen molar-refractivity contribution in [2.45, 2.75) is 19.9 Å². The smallest absolute Gasteiger partial charge is 0.287 e. The predicted octanol–water partition coefficient (Wildman–Crippen LogP) is 0.862. The van der Waals surface area contributed by atoms with Crippen molar-refractivity contribution in [1.29, 1.82) is 0 Å². The summed E-state index contributed by atoms with van der Waals surface area (Å²) in [5.74, 6) is 0.227. The highest BCUT2D eigenvalue weighted by Crippen LogP contribution is 2.18. The number of aryl methyl sites for hydroxylation is 1. The van der Waals surface area contributed by atoms with E-state index in [1.54, 1.807) is 0 Å². The highest BCUT2D eigenvalue weighted by atomic mass is 35.5. The fraction of sp³-hybridized carbons (Fsp3) is 0.600. The van der Waals surface area contributed by atoms with Crippen LogP contribution in [0.5, 0.6) is 0 Å². The first-order valence-corrected chi connectivity index (χ1v) is 5.44. The van der Waals surface area contributed by atoms with Gasteiger partial charge in [0.15, 0.2) is 0 Å². The lowest BCUT2D eigenvalue weighted by molar-refractivity contribution is 0.249. The van der Waals surface area contributed by atoms with Gasteiger partial charge in [0, 0.05) is 7.05 Å². The second-order valence-corrected chi connectivity index (χ2v) is 4.36. The van der Waals surface area contributed by atoms with E-state index in [0.717, 1.165) is 4.68 Å². The van der Waals surface area contributed by atoms with Crippen molar-refractivity contribution in [2.24, 2.45) is 13.0 Å². The van der Waals surface area contributed by atoms with Crippen molar-refractivity contribution in [3.05, 3.63) is 21.6 Å². The van der Waals surface area contributed by atoms with Gasteiger partial charge < -0.3 is 10.4 Å². The summed E-state index contributed by atoms with van der Waals surface area (Å²) in [4.78, 5) is 11.5. The Labute approximate surface area is 99.0 Å². The largest absolute Gasteiger partial charge is 0.394 e. The summed E-state index contributed by atoms with van der Waals surface area (Å²) >= 11 is 5.89. The van der Waals surface area contributed by atoms with Gasteiger partial charge in [-0.15, -0.1) is 0 Å². The lowest BCUT2D eigenvalue weighted by Crippen LogP contribution is -2.31. The minimum Gasteiger partial charge on any atom is -0.394 e. The molecule has 0 aliphatic rings. The van der Waals surface area contributed by atoms with Crippen LogP contribution in [-0.4, -0.2) is 27.5 Å². The minimum absolute atomic E-state index is 0.0246. The molecule has 0 spiro atoms. The summed E-state index contributed by atoms with van der Waals surface area (Å²) in [5, 5.41) is 16.1. The minimum atomic E-state index is -0.355. The van der Waals surface area contributed by atoms with E-state index in [2.05, 4.69) is 10.4 Å². The molecule has 1 atom stereocenters. The Morgan fingerprint density at radius 3 is 2.75 bits per heavy atom. The maximum Gasteiger partial charge on any atom is 0.287 e. The average molecular weight is 246 g/mol. The maximum absolute atomic E-state index is 11.5. The number of nitrogens with one attached hydrogen (secondary N) is 1. The van der Waals surface area contributed by atoms with Crippen LogP contribution in [0.4, 0.5) is 5.69 Å². The van der Waals surface area contributed by atoms with Gasteiger partial charge in [0.2, 0.25) is 0 Å². The SMILES string of the molecule is CC(C)C(CO)Nc1cnn(C)c(=O)c1Cl. The Morgan fingerprint density at radius 1 is 1.62 bits per heavy atom. The molecule has 1 aromatic rings. The molecule has 1 rings (SSSR count). The van der Waals surface area contributed by atoms with E-state index in [0.29, 0.717) is 5.69 Å². The summed E-state index contributed by atoms with van der Waals surface area (Å²) in [5.41, 5.74) is 0.102. The molecule has 1 aromatic heterocycles. The number of rotatable bonds is 4. The first kappa shape index (κ1) is 13.0. The first-order chi connectivity index (χ1) is 7.47. The fourth-order valence-corrected chi connectivity index (χ4v) is 1.46. The van der Waals surface area contributed by atoms with Crippen molar-refractivity contribution in [3.63, 3.8) is 0 Å². The van der Waals surface area contributed by atoms with Gasteiger partial charge in [-0.05, 0) is 5.92 Å². The summed E-state index contributed by atoms with van der Waals surface area (Å²) in [6.07, 6.45) is 1.48. The molecule has 0 aliphatic heterocycles. The molecule has 16 heavy (non-hydrogen) atoms. The number of hydrogen-bond donors (Lipinski definition) is 2. The molecule has 0 saturated carbocycles. The zero-order valence-corrected chi connectivity index (χ0v) is 10.3. The third-order valence-electron chi connectivity index (χ3n) is 2.42. The van der Waals surface area contributed by atoms with Crippen molar-refractivity contribution < 1.29 is 5.11 Å². The van der Waals surface area contributed by atoms with Gasteiger partial charge in [-0.3, -0.25) is 4.79 Å². The molecule has 2 N–H and O–H groups in total. The monoisotopic (exact) mass is 245 g/mol. The molecule has 6 heteroatoms. The van der Waals surface area contributed by atoms with E-state index >= 15 is 0 Å². The third kappa shape index (κ3) is 2.74.